The lowest BCUT2D eigenvalue weighted by atomic mass is 10.1. The van der Waals surface area contributed by atoms with Crippen molar-refractivity contribution < 1.29 is 4.79 Å². The molecule has 0 bridgehead atoms. The highest BCUT2D eigenvalue weighted by molar-refractivity contribution is 6.30. The van der Waals surface area contributed by atoms with E-state index in [1.807, 2.05) is 54.6 Å². The summed E-state index contributed by atoms with van der Waals surface area (Å²) in [6.07, 6.45) is 0. The Morgan fingerprint density at radius 2 is 1.74 bits per heavy atom. The van der Waals surface area contributed by atoms with E-state index in [4.69, 9.17) is 17.3 Å². The molecule has 3 nitrogen and oxygen atoms in total. The van der Waals surface area contributed by atoms with Crippen molar-refractivity contribution in [3.05, 3.63) is 70.7 Å². The van der Waals surface area contributed by atoms with Crippen molar-refractivity contribution in [2.24, 2.45) is 5.73 Å². The predicted molar refractivity (Wildman–Crippen MR) is 76.7 cm³/mol. The van der Waals surface area contributed by atoms with Crippen LogP contribution < -0.4 is 11.1 Å². The van der Waals surface area contributed by atoms with Gasteiger partial charge in [-0.2, -0.15) is 0 Å². The summed E-state index contributed by atoms with van der Waals surface area (Å²) in [7, 11) is 0. The van der Waals surface area contributed by atoms with Gasteiger partial charge in [0.15, 0.2) is 0 Å². The van der Waals surface area contributed by atoms with Crippen LogP contribution in [0.5, 0.6) is 0 Å². The molecule has 0 unspecified atom stereocenters. The maximum Gasteiger partial charge on any atom is 0.239 e. The monoisotopic (exact) mass is 274 g/mol. The molecule has 0 saturated heterocycles. The Balaban J connectivity index is 2.06. The number of nitrogens with two attached hydrogens (primary N) is 1. The largest absolute Gasteiger partial charge is 0.368 e. The molecular weight excluding hydrogens is 260 g/mol. The van der Waals surface area contributed by atoms with Crippen LogP contribution in [0, 0.1) is 0 Å². The summed E-state index contributed by atoms with van der Waals surface area (Å²) < 4.78 is 0. The Labute approximate surface area is 117 Å². The van der Waals surface area contributed by atoms with E-state index in [-0.39, 0.29) is 5.91 Å². The first-order valence-corrected chi connectivity index (χ1v) is 6.36. The lowest BCUT2D eigenvalue weighted by Crippen LogP contribution is -2.33. The van der Waals surface area contributed by atoms with Gasteiger partial charge >= 0.3 is 0 Å². The van der Waals surface area contributed by atoms with Gasteiger partial charge in [-0.15, -0.1) is 0 Å². The number of rotatable bonds is 5. The third-order valence-corrected chi connectivity index (χ3v) is 3.09. The molecule has 1 atom stereocenters. The van der Waals surface area contributed by atoms with Crippen molar-refractivity contribution in [2.45, 2.75) is 12.6 Å². The first-order valence-electron chi connectivity index (χ1n) is 5.99. The molecule has 4 heteroatoms. The number of hydrogen-bond acceptors (Lipinski definition) is 2. The van der Waals surface area contributed by atoms with Crippen molar-refractivity contribution in [3.63, 3.8) is 0 Å². The number of benzene rings is 2. The number of carbonyl (C=O) groups is 1. The average Bonchev–Trinajstić information content (AvgIpc) is 2.42. The van der Waals surface area contributed by atoms with Crippen LogP contribution in [0.15, 0.2) is 54.6 Å². The topological polar surface area (TPSA) is 55.1 Å². The van der Waals surface area contributed by atoms with E-state index < -0.39 is 6.04 Å². The first-order chi connectivity index (χ1) is 9.16. The summed E-state index contributed by atoms with van der Waals surface area (Å²) >= 11 is 5.83. The van der Waals surface area contributed by atoms with Crippen LogP contribution in [-0.4, -0.2) is 5.91 Å². The molecule has 0 aromatic heterocycles. The zero-order valence-electron chi connectivity index (χ0n) is 10.3. The van der Waals surface area contributed by atoms with E-state index in [9.17, 15) is 4.79 Å². The van der Waals surface area contributed by atoms with E-state index in [0.29, 0.717) is 11.6 Å². The number of primary amides is 1. The molecule has 0 aliphatic rings. The molecule has 98 valence electrons. The summed E-state index contributed by atoms with van der Waals surface area (Å²) in [5.41, 5.74) is 7.35. The van der Waals surface area contributed by atoms with Crippen molar-refractivity contribution in [1.29, 1.82) is 0 Å². The molecule has 19 heavy (non-hydrogen) atoms. The van der Waals surface area contributed by atoms with Gasteiger partial charge in [-0.3, -0.25) is 10.1 Å². The van der Waals surface area contributed by atoms with E-state index in [1.54, 1.807) is 0 Å². The number of amides is 1. The number of carbonyl (C=O) groups excluding carboxylic acids is 1. The molecule has 2 aromatic carbocycles. The third-order valence-electron chi connectivity index (χ3n) is 2.84. The van der Waals surface area contributed by atoms with Crippen molar-refractivity contribution in [2.75, 3.05) is 0 Å². The summed E-state index contributed by atoms with van der Waals surface area (Å²) in [4.78, 5) is 11.5. The summed E-state index contributed by atoms with van der Waals surface area (Å²) in [5.74, 6) is -0.389. The molecule has 3 N–H and O–H groups in total. The minimum absolute atomic E-state index is 0.389. The number of nitrogens with one attached hydrogen (secondary N) is 1. The summed E-state index contributed by atoms with van der Waals surface area (Å²) in [5, 5.41) is 3.85. The lowest BCUT2D eigenvalue weighted by Gasteiger charge is -2.15. The molecule has 1 amide bonds. The van der Waals surface area contributed by atoms with E-state index in [1.165, 1.54) is 0 Å². The fourth-order valence-corrected chi connectivity index (χ4v) is 1.98. The van der Waals surface area contributed by atoms with Crippen LogP contribution in [0.25, 0.3) is 0 Å². The van der Waals surface area contributed by atoms with Crippen LogP contribution in [0.4, 0.5) is 0 Å². The minimum Gasteiger partial charge on any atom is -0.368 e. The van der Waals surface area contributed by atoms with Gasteiger partial charge in [-0.1, -0.05) is 54.1 Å². The Kier molecular flexibility index (Phi) is 4.55. The highest BCUT2D eigenvalue weighted by Gasteiger charge is 2.16. The second kappa shape index (κ2) is 6.36. The Hall–Kier alpha value is -1.84. The van der Waals surface area contributed by atoms with Crippen LogP contribution >= 0.6 is 11.6 Å². The van der Waals surface area contributed by atoms with E-state index in [0.717, 1.165) is 11.1 Å². The van der Waals surface area contributed by atoms with Gasteiger partial charge in [0.1, 0.15) is 6.04 Å². The quantitative estimate of drug-likeness (QED) is 0.881. The molecular formula is C15H15ClN2O. The van der Waals surface area contributed by atoms with E-state index >= 15 is 0 Å². The highest BCUT2D eigenvalue weighted by Crippen LogP contribution is 2.14. The molecule has 2 rings (SSSR count). The third kappa shape index (κ3) is 3.81. The van der Waals surface area contributed by atoms with Crippen molar-refractivity contribution >= 4 is 17.5 Å². The maximum absolute atomic E-state index is 11.5. The van der Waals surface area contributed by atoms with Crippen LogP contribution in [0.1, 0.15) is 17.2 Å². The van der Waals surface area contributed by atoms with Gasteiger partial charge < -0.3 is 5.73 Å². The van der Waals surface area contributed by atoms with Crippen LogP contribution in [0.3, 0.4) is 0 Å². The molecule has 0 aliphatic carbocycles. The predicted octanol–water partition coefficient (Wildman–Crippen LogP) is 2.66. The van der Waals surface area contributed by atoms with Gasteiger partial charge in [0, 0.05) is 11.6 Å². The van der Waals surface area contributed by atoms with Gasteiger partial charge in [0.2, 0.25) is 5.91 Å². The Morgan fingerprint density at radius 1 is 1.11 bits per heavy atom. The fourth-order valence-electron chi connectivity index (χ4n) is 1.85. The first kappa shape index (κ1) is 13.6. The SMILES string of the molecule is NC(=O)[C@@H](NCc1ccc(Cl)cc1)c1ccccc1. The minimum atomic E-state index is -0.489. The molecule has 0 radical (unpaired) electrons. The summed E-state index contributed by atoms with van der Waals surface area (Å²) in [6, 6.07) is 16.4. The molecule has 0 fully saturated rings. The normalized spacial score (nSPS) is 12.1. The zero-order valence-corrected chi connectivity index (χ0v) is 11.1. The van der Waals surface area contributed by atoms with E-state index in [2.05, 4.69) is 5.32 Å². The van der Waals surface area contributed by atoms with Crippen LogP contribution in [0.2, 0.25) is 5.02 Å². The van der Waals surface area contributed by atoms with Crippen molar-refractivity contribution in [1.82, 2.24) is 5.32 Å². The Morgan fingerprint density at radius 3 is 2.32 bits per heavy atom. The maximum atomic E-state index is 11.5. The summed E-state index contributed by atoms with van der Waals surface area (Å²) in [6.45, 7) is 0.555. The highest BCUT2D eigenvalue weighted by atomic mass is 35.5. The average molecular weight is 275 g/mol. The molecule has 0 aliphatic heterocycles. The van der Waals surface area contributed by atoms with Gasteiger partial charge in [0.25, 0.3) is 0 Å². The molecule has 0 spiro atoms. The van der Waals surface area contributed by atoms with Gasteiger partial charge in [-0.05, 0) is 23.3 Å². The fraction of sp³-hybridized carbons (Fsp3) is 0.133. The Bertz CT molecular complexity index is 540. The molecule has 0 saturated carbocycles. The standard InChI is InChI=1S/C15H15ClN2O/c16-13-8-6-11(7-9-13)10-18-14(15(17)19)12-4-2-1-3-5-12/h1-9,14,18H,10H2,(H2,17,19)/t14-/m0/s1. The van der Waals surface area contributed by atoms with Gasteiger partial charge in [-0.25, -0.2) is 0 Å². The second-order valence-electron chi connectivity index (χ2n) is 4.25. The molecule has 0 heterocycles. The smallest absolute Gasteiger partial charge is 0.239 e. The zero-order chi connectivity index (χ0) is 13.7. The van der Waals surface area contributed by atoms with Crippen LogP contribution in [-0.2, 0) is 11.3 Å². The molecule has 2 aromatic rings. The number of hydrogen-bond donors (Lipinski definition) is 2. The van der Waals surface area contributed by atoms with Gasteiger partial charge in [0.05, 0.1) is 0 Å². The number of halogens is 1. The van der Waals surface area contributed by atoms with Crippen molar-refractivity contribution in [3.8, 4) is 0 Å². The second-order valence-corrected chi connectivity index (χ2v) is 4.69. The lowest BCUT2D eigenvalue weighted by molar-refractivity contribution is -0.120.